The molecule has 96 valence electrons. The number of nitrogen functional groups attached to an aromatic ring is 1. The molecule has 4 heteroatoms. The van der Waals surface area contributed by atoms with Crippen LogP contribution in [-0.4, -0.2) is 13.7 Å². The van der Waals surface area contributed by atoms with Gasteiger partial charge < -0.3 is 15.8 Å². The molecule has 1 aromatic rings. The van der Waals surface area contributed by atoms with Crippen LogP contribution in [0.2, 0.25) is 0 Å². The number of halogens is 1. The summed E-state index contributed by atoms with van der Waals surface area (Å²) >= 11 is 0. The number of hydrogen-bond acceptors (Lipinski definition) is 3. The fraction of sp³-hybridized carbons (Fsp3) is 0.538. The van der Waals surface area contributed by atoms with Crippen molar-refractivity contribution in [2.45, 2.75) is 26.7 Å². The van der Waals surface area contributed by atoms with Crippen molar-refractivity contribution in [1.82, 2.24) is 0 Å². The van der Waals surface area contributed by atoms with E-state index >= 15 is 0 Å². The molecule has 0 aromatic heterocycles. The van der Waals surface area contributed by atoms with Gasteiger partial charge in [0, 0.05) is 18.7 Å². The van der Waals surface area contributed by atoms with Gasteiger partial charge in [-0.25, -0.2) is 4.39 Å². The van der Waals surface area contributed by atoms with E-state index in [1.54, 1.807) is 6.07 Å². The van der Waals surface area contributed by atoms with Crippen molar-refractivity contribution in [3.8, 4) is 5.75 Å². The van der Waals surface area contributed by atoms with Crippen molar-refractivity contribution in [1.29, 1.82) is 0 Å². The molecule has 0 saturated carbocycles. The van der Waals surface area contributed by atoms with Gasteiger partial charge in [0.2, 0.25) is 0 Å². The third kappa shape index (κ3) is 4.13. The highest BCUT2D eigenvalue weighted by Crippen LogP contribution is 2.28. The third-order valence-corrected chi connectivity index (χ3v) is 2.59. The van der Waals surface area contributed by atoms with Gasteiger partial charge in [-0.3, -0.25) is 0 Å². The number of methoxy groups -OCH3 is 1. The first-order valence-corrected chi connectivity index (χ1v) is 5.91. The minimum atomic E-state index is -0.340. The molecular formula is C13H21FN2O. The maximum Gasteiger partial charge on any atom is 0.148 e. The SMILES string of the molecule is COc1cc(NCCCC(C)C)c(F)cc1N. The van der Waals surface area contributed by atoms with Crippen molar-refractivity contribution in [3.63, 3.8) is 0 Å². The Bertz CT molecular complexity index is 367. The first kappa shape index (κ1) is 13.6. The van der Waals surface area contributed by atoms with Gasteiger partial charge in [0.05, 0.1) is 18.5 Å². The molecule has 0 bridgehead atoms. The lowest BCUT2D eigenvalue weighted by molar-refractivity contribution is 0.416. The summed E-state index contributed by atoms with van der Waals surface area (Å²) in [6, 6.07) is 2.88. The molecule has 1 aromatic carbocycles. The highest BCUT2D eigenvalue weighted by molar-refractivity contribution is 5.62. The molecule has 17 heavy (non-hydrogen) atoms. The summed E-state index contributed by atoms with van der Waals surface area (Å²) in [5.41, 5.74) is 6.36. The monoisotopic (exact) mass is 240 g/mol. The molecule has 0 aliphatic carbocycles. The quantitative estimate of drug-likeness (QED) is 0.592. The molecule has 0 radical (unpaired) electrons. The fourth-order valence-corrected chi connectivity index (χ4v) is 1.61. The van der Waals surface area contributed by atoms with Crippen LogP contribution in [0.15, 0.2) is 12.1 Å². The van der Waals surface area contributed by atoms with Crippen LogP contribution in [0.1, 0.15) is 26.7 Å². The molecule has 0 fully saturated rings. The molecule has 0 amide bonds. The van der Waals surface area contributed by atoms with Crippen molar-refractivity contribution >= 4 is 11.4 Å². The van der Waals surface area contributed by atoms with Crippen LogP contribution in [0.4, 0.5) is 15.8 Å². The van der Waals surface area contributed by atoms with Gasteiger partial charge in [0.25, 0.3) is 0 Å². The summed E-state index contributed by atoms with van der Waals surface area (Å²) < 4.78 is 18.6. The predicted octanol–water partition coefficient (Wildman–Crippen LogP) is 3.26. The predicted molar refractivity (Wildman–Crippen MR) is 69.9 cm³/mol. The first-order valence-electron chi connectivity index (χ1n) is 5.91. The zero-order chi connectivity index (χ0) is 12.8. The number of benzene rings is 1. The largest absolute Gasteiger partial charge is 0.495 e. The summed E-state index contributed by atoms with van der Waals surface area (Å²) in [7, 11) is 1.52. The topological polar surface area (TPSA) is 47.3 Å². The Morgan fingerprint density at radius 2 is 2.12 bits per heavy atom. The second-order valence-electron chi connectivity index (χ2n) is 4.54. The van der Waals surface area contributed by atoms with Crippen molar-refractivity contribution < 1.29 is 9.13 Å². The van der Waals surface area contributed by atoms with E-state index in [1.807, 2.05) is 0 Å². The third-order valence-electron chi connectivity index (χ3n) is 2.59. The minimum absolute atomic E-state index is 0.317. The lowest BCUT2D eigenvalue weighted by atomic mass is 10.1. The average molecular weight is 240 g/mol. The normalized spacial score (nSPS) is 10.6. The van der Waals surface area contributed by atoms with Crippen molar-refractivity contribution in [2.75, 3.05) is 24.7 Å². The standard InChI is InChI=1S/C13H21FN2O/c1-9(2)5-4-6-16-12-8-13(17-3)11(15)7-10(12)14/h7-9,16H,4-6,15H2,1-3H3. The number of ether oxygens (including phenoxy) is 1. The Labute approximate surface area is 102 Å². The zero-order valence-electron chi connectivity index (χ0n) is 10.7. The van der Waals surface area contributed by atoms with E-state index in [2.05, 4.69) is 19.2 Å². The van der Waals surface area contributed by atoms with Crippen LogP contribution in [0.5, 0.6) is 5.75 Å². The van der Waals surface area contributed by atoms with E-state index in [0.717, 1.165) is 19.4 Å². The maximum absolute atomic E-state index is 13.6. The van der Waals surface area contributed by atoms with Crippen LogP contribution in [0, 0.1) is 11.7 Å². The Morgan fingerprint density at radius 1 is 1.41 bits per heavy atom. The van der Waals surface area contributed by atoms with Gasteiger partial charge in [-0.05, 0) is 18.8 Å². The van der Waals surface area contributed by atoms with E-state index in [4.69, 9.17) is 10.5 Å². The molecular weight excluding hydrogens is 219 g/mol. The smallest absolute Gasteiger partial charge is 0.148 e. The highest BCUT2D eigenvalue weighted by atomic mass is 19.1. The molecule has 0 spiro atoms. The molecule has 0 atom stereocenters. The minimum Gasteiger partial charge on any atom is -0.495 e. The van der Waals surface area contributed by atoms with Crippen LogP contribution in [0.3, 0.4) is 0 Å². The van der Waals surface area contributed by atoms with E-state index in [1.165, 1.54) is 13.2 Å². The van der Waals surface area contributed by atoms with Gasteiger partial charge >= 0.3 is 0 Å². The summed E-state index contributed by atoms with van der Waals surface area (Å²) in [6.45, 7) is 5.10. The zero-order valence-corrected chi connectivity index (χ0v) is 10.7. The first-order chi connectivity index (χ1) is 8.04. The summed E-state index contributed by atoms with van der Waals surface area (Å²) in [5.74, 6) is 0.827. The summed E-state index contributed by atoms with van der Waals surface area (Å²) in [4.78, 5) is 0. The Morgan fingerprint density at radius 3 is 2.71 bits per heavy atom. The van der Waals surface area contributed by atoms with Gasteiger partial charge in [0.15, 0.2) is 0 Å². The van der Waals surface area contributed by atoms with Gasteiger partial charge in [-0.2, -0.15) is 0 Å². The Hall–Kier alpha value is -1.45. The highest BCUT2D eigenvalue weighted by Gasteiger charge is 2.07. The van der Waals surface area contributed by atoms with Gasteiger partial charge in [-0.1, -0.05) is 13.8 Å². The fourth-order valence-electron chi connectivity index (χ4n) is 1.61. The lowest BCUT2D eigenvalue weighted by Crippen LogP contribution is -2.06. The maximum atomic E-state index is 13.6. The van der Waals surface area contributed by atoms with Gasteiger partial charge in [0.1, 0.15) is 11.6 Å². The number of anilines is 2. The lowest BCUT2D eigenvalue weighted by Gasteiger charge is -2.11. The Balaban J connectivity index is 2.58. The second-order valence-corrected chi connectivity index (χ2v) is 4.54. The van der Waals surface area contributed by atoms with Crippen molar-refractivity contribution in [3.05, 3.63) is 17.9 Å². The molecule has 0 saturated heterocycles. The van der Waals surface area contributed by atoms with Gasteiger partial charge in [-0.15, -0.1) is 0 Å². The number of hydrogen-bond donors (Lipinski definition) is 2. The van der Waals surface area contributed by atoms with E-state index in [9.17, 15) is 4.39 Å². The van der Waals surface area contributed by atoms with Crippen molar-refractivity contribution in [2.24, 2.45) is 5.92 Å². The van der Waals surface area contributed by atoms with Crippen LogP contribution in [-0.2, 0) is 0 Å². The van der Waals surface area contributed by atoms with Crippen LogP contribution >= 0.6 is 0 Å². The average Bonchev–Trinajstić information content (AvgIpc) is 2.26. The van der Waals surface area contributed by atoms with Crippen LogP contribution < -0.4 is 15.8 Å². The molecule has 1 rings (SSSR count). The molecule has 0 aliphatic heterocycles. The molecule has 0 heterocycles. The summed E-state index contributed by atoms with van der Waals surface area (Å²) in [5, 5.41) is 3.06. The number of nitrogens with one attached hydrogen (secondary N) is 1. The Kier molecular flexibility index (Phi) is 5.07. The molecule has 3 nitrogen and oxygen atoms in total. The number of nitrogens with two attached hydrogens (primary N) is 1. The molecule has 0 aliphatic rings. The second kappa shape index (κ2) is 6.33. The number of rotatable bonds is 6. The summed E-state index contributed by atoms with van der Waals surface area (Å²) in [6.07, 6.45) is 2.14. The van der Waals surface area contributed by atoms with E-state index in [-0.39, 0.29) is 5.82 Å². The van der Waals surface area contributed by atoms with E-state index < -0.39 is 0 Å². The van der Waals surface area contributed by atoms with Crippen LogP contribution in [0.25, 0.3) is 0 Å². The molecule has 0 unspecified atom stereocenters. The molecule has 3 N–H and O–H groups in total. The van der Waals surface area contributed by atoms with E-state index in [0.29, 0.717) is 23.0 Å².